The van der Waals surface area contributed by atoms with Gasteiger partial charge in [-0.3, -0.25) is 9.59 Å². The number of rotatable bonds is 4. The summed E-state index contributed by atoms with van der Waals surface area (Å²) in [4.78, 5) is 23.1. The third kappa shape index (κ3) is 2.75. The van der Waals surface area contributed by atoms with Gasteiger partial charge in [0.1, 0.15) is 5.75 Å². The van der Waals surface area contributed by atoms with Crippen LogP contribution in [0.4, 0.5) is 0 Å². The molecule has 5 heteroatoms. The molecule has 0 aliphatic heterocycles. The van der Waals surface area contributed by atoms with Crippen molar-refractivity contribution < 1.29 is 9.53 Å². The van der Waals surface area contributed by atoms with Gasteiger partial charge in [-0.2, -0.15) is 0 Å². The molecule has 0 aliphatic rings. The molecular formula is C15H14ClNO3. The lowest BCUT2D eigenvalue weighted by Crippen LogP contribution is -2.23. The van der Waals surface area contributed by atoms with Crippen molar-refractivity contribution in [2.75, 3.05) is 7.11 Å². The first-order valence-corrected chi connectivity index (χ1v) is 6.43. The number of hydrogen-bond donors (Lipinski definition) is 0. The smallest absolute Gasteiger partial charge is 0.254 e. The van der Waals surface area contributed by atoms with E-state index in [1.165, 1.54) is 4.57 Å². The van der Waals surface area contributed by atoms with Gasteiger partial charge in [0, 0.05) is 18.2 Å². The molecule has 2 rings (SSSR count). The van der Waals surface area contributed by atoms with Crippen LogP contribution in [-0.4, -0.2) is 16.9 Å². The molecule has 104 valence electrons. The SMILES string of the molecule is COc1ccccc1-c1ccc(CC(=O)Cl)c(=O)n1C. The van der Waals surface area contributed by atoms with Crippen LogP contribution in [0, 0.1) is 0 Å². The van der Waals surface area contributed by atoms with E-state index < -0.39 is 5.24 Å². The lowest BCUT2D eigenvalue weighted by atomic mass is 10.1. The van der Waals surface area contributed by atoms with Gasteiger partial charge in [-0.1, -0.05) is 18.2 Å². The number of ether oxygens (including phenoxy) is 1. The van der Waals surface area contributed by atoms with Gasteiger partial charge in [0.15, 0.2) is 0 Å². The number of methoxy groups -OCH3 is 1. The highest BCUT2D eigenvalue weighted by atomic mass is 35.5. The van der Waals surface area contributed by atoms with Gasteiger partial charge in [0.05, 0.1) is 19.2 Å². The molecule has 4 nitrogen and oxygen atoms in total. The van der Waals surface area contributed by atoms with Crippen LogP contribution < -0.4 is 10.3 Å². The topological polar surface area (TPSA) is 48.3 Å². The van der Waals surface area contributed by atoms with E-state index in [9.17, 15) is 9.59 Å². The predicted octanol–water partition coefficient (Wildman–Crippen LogP) is 2.37. The van der Waals surface area contributed by atoms with Crippen LogP contribution in [0.15, 0.2) is 41.2 Å². The Balaban J connectivity index is 2.57. The van der Waals surface area contributed by atoms with Crippen LogP contribution >= 0.6 is 11.6 Å². The molecular weight excluding hydrogens is 278 g/mol. The number of nitrogens with zero attached hydrogens (tertiary/aromatic N) is 1. The molecule has 0 aliphatic carbocycles. The maximum Gasteiger partial charge on any atom is 0.254 e. The van der Waals surface area contributed by atoms with Crippen LogP contribution in [0.1, 0.15) is 5.56 Å². The van der Waals surface area contributed by atoms with Crippen molar-refractivity contribution >= 4 is 16.8 Å². The fourth-order valence-electron chi connectivity index (χ4n) is 2.10. The van der Waals surface area contributed by atoms with Crippen molar-refractivity contribution in [3.63, 3.8) is 0 Å². The summed E-state index contributed by atoms with van der Waals surface area (Å²) < 4.78 is 6.79. The Morgan fingerprint density at radius 1 is 1.25 bits per heavy atom. The van der Waals surface area contributed by atoms with Gasteiger partial charge in [-0.15, -0.1) is 0 Å². The molecule has 0 radical (unpaired) electrons. The molecule has 0 spiro atoms. The quantitative estimate of drug-likeness (QED) is 0.813. The summed E-state index contributed by atoms with van der Waals surface area (Å²) >= 11 is 5.33. The second-order valence-electron chi connectivity index (χ2n) is 4.34. The molecule has 0 unspecified atom stereocenters. The van der Waals surface area contributed by atoms with Gasteiger partial charge in [0.25, 0.3) is 5.56 Å². The Morgan fingerprint density at radius 2 is 1.95 bits per heavy atom. The van der Waals surface area contributed by atoms with E-state index in [1.807, 2.05) is 24.3 Å². The van der Waals surface area contributed by atoms with Gasteiger partial charge < -0.3 is 9.30 Å². The molecule has 0 bridgehead atoms. The Hall–Kier alpha value is -2.07. The first-order chi connectivity index (χ1) is 9.54. The minimum Gasteiger partial charge on any atom is -0.496 e. The monoisotopic (exact) mass is 291 g/mol. The predicted molar refractivity (Wildman–Crippen MR) is 78.2 cm³/mol. The number of aromatic nitrogens is 1. The van der Waals surface area contributed by atoms with Crippen LogP contribution in [0.25, 0.3) is 11.3 Å². The highest BCUT2D eigenvalue weighted by molar-refractivity contribution is 6.63. The van der Waals surface area contributed by atoms with E-state index >= 15 is 0 Å². The van der Waals surface area contributed by atoms with Gasteiger partial charge in [-0.25, -0.2) is 0 Å². The van der Waals surface area contributed by atoms with Crippen molar-refractivity contribution in [1.29, 1.82) is 0 Å². The maximum absolute atomic E-state index is 12.2. The summed E-state index contributed by atoms with van der Waals surface area (Å²) in [6.07, 6.45) is -0.0690. The zero-order valence-electron chi connectivity index (χ0n) is 11.2. The minimum absolute atomic E-state index is 0.0690. The molecule has 0 N–H and O–H groups in total. The van der Waals surface area contributed by atoms with Crippen molar-refractivity contribution in [1.82, 2.24) is 4.57 Å². The Labute approximate surface area is 121 Å². The molecule has 0 atom stereocenters. The lowest BCUT2D eigenvalue weighted by molar-refractivity contribution is -0.111. The minimum atomic E-state index is -0.549. The van der Waals surface area contributed by atoms with Crippen LogP contribution in [0.3, 0.4) is 0 Å². The van der Waals surface area contributed by atoms with E-state index in [0.29, 0.717) is 11.3 Å². The number of pyridine rings is 1. The molecule has 20 heavy (non-hydrogen) atoms. The summed E-state index contributed by atoms with van der Waals surface area (Å²) in [6, 6.07) is 10.9. The van der Waals surface area contributed by atoms with E-state index in [2.05, 4.69) is 0 Å². The number of hydrogen-bond acceptors (Lipinski definition) is 3. The first-order valence-electron chi connectivity index (χ1n) is 6.05. The number of carbonyl (C=O) groups excluding carboxylic acids is 1. The highest BCUT2D eigenvalue weighted by Crippen LogP contribution is 2.28. The largest absolute Gasteiger partial charge is 0.496 e. The Kier molecular flexibility index (Phi) is 4.25. The number of carbonyl (C=O) groups is 1. The maximum atomic E-state index is 12.2. The van der Waals surface area contributed by atoms with Crippen molar-refractivity contribution in [3.8, 4) is 17.0 Å². The molecule has 0 saturated heterocycles. The molecule has 1 heterocycles. The lowest BCUT2D eigenvalue weighted by Gasteiger charge is -2.13. The fourth-order valence-corrected chi connectivity index (χ4v) is 2.24. The highest BCUT2D eigenvalue weighted by Gasteiger charge is 2.12. The second kappa shape index (κ2) is 5.92. The molecule has 2 aromatic rings. The zero-order valence-corrected chi connectivity index (χ0v) is 12.0. The summed E-state index contributed by atoms with van der Waals surface area (Å²) in [5.41, 5.74) is 1.69. The summed E-state index contributed by atoms with van der Waals surface area (Å²) in [6.45, 7) is 0. The van der Waals surface area contributed by atoms with Gasteiger partial charge in [-0.05, 0) is 29.8 Å². The fraction of sp³-hybridized carbons (Fsp3) is 0.200. The number of halogens is 1. The standard InChI is InChI=1S/C15H14ClNO3/c1-17-12(11-5-3-4-6-13(11)20-2)8-7-10(15(17)19)9-14(16)18/h3-8H,9H2,1-2H3. The van der Waals surface area contributed by atoms with E-state index in [4.69, 9.17) is 16.3 Å². The Bertz CT molecular complexity index is 707. The average Bonchev–Trinajstić information content (AvgIpc) is 2.44. The average molecular weight is 292 g/mol. The number of benzene rings is 1. The van der Waals surface area contributed by atoms with Crippen LogP contribution in [0.5, 0.6) is 5.75 Å². The summed E-state index contributed by atoms with van der Waals surface area (Å²) in [7, 11) is 3.24. The third-order valence-electron chi connectivity index (χ3n) is 3.10. The van der Waals surface area contributed by atoms with Crippen molar-refractivity contribution in [2.45, 2.75) is 6.42 Å². The van der Waals surface area contributed by atoms with Gasteiger partial charge in [0.2, 0.25) is 5.24 Å². The summed E-state index contributed by atoms with van der Waals surface area (Å²) in [5, 5.41) is -0.549. The van der Waals surface area contributed by atoms with E-state index in [1.54, 1.807) is 26.3 Å². The summed E-state index contributed by atoms with van der Waals surface area (Å²) in [5.74, 6) is 0.684. The zero-order chi connectivity index (χ0) is 14.7. The molecule has 0 fully saturated rings. The Morgan fingerprint density at radius 3 is 2.60 bits per heavy atom. The molecule has 1 aromatic heterocycles. The van der Waals surface area contributed by atoms with E-state index in [-0.39, 0.29) is 12.0 Å². The van der Waals surface area contributed by atoms with Crippen molar-refractivity contribution in [2.24, 2.45) is 7.05 Å². The first kappa shape index (κ1) is 14.3. The number of para-hydroxylation sites is 1. The van der Waals surface area contributed by atoms with Crippen LogP contribution in [0.2, 0.25) is 0 Å². The van der Waals surface area contributed by atoms with Crippen molar-refractivity contribution in [3.05, 3.63) is 52.3 Å². The molecule has 0 amide bonds. The normalized spacial score (nSPS) is 10.3. The molecule has 1 aromatic carbocycles. The molecule has 0 saturated carbocycles. The van der Waals surface area contributed by atoms with E-state index in [0.717, 1.165) is 11.3 Å². The third-order valence-corrected chi connectivity index (χ3v) is 3.23. The van der Waals surface area contributed by atoms with Crippen LogP contribution in [-0.2, 0) is 18.3 Å². The van der Waals surface area contributed by atoms with Gasteiger partial charge >= 0.3 is 0 Å². The second-order valence-corrected chi connectivity index (χ2v) is 4.76.